The number of hydrogen-bond donors (Lipinski definition) is 3. The molecule has 1 rings (SSSR count). The molecule has 21 heavy (non-hydrogen) atoms. The summed E-state index contributed by atoms with van der Waals surface area (Å²) in [7, 11) is 0. The van der Waals surface area contributed by atoms with Crippen LogP contribution >= 0.6 is 0 Å². The maximum absolute atomic E-state index is 11.8. The van der Waals surface area contributed by atoms with Gasteiger partial charge < -0.3 is 20.6 Å². The molecule has 0 saturated carbocycles. The lowest BCUT2D eigenvalue weighted by Crippen LogP contribution is -2.49. The van der Waals surface area contributed by atoms with E-state index in [1.807, 2.05) is 6.92 Å². The Kier molecular flexibility index (Phi) is 6.98. The van der Waals surface area contributed by atoms with Crippen molar-refractivity contribution in [1.29, 1.82) is 0 Å². The van der Waals surface area contributed by atoms with Gasteiger partial charge in [0, 0.05) is 26.1 Å². The van der Waals surface area contributed by atoms with Crippen molar-refractivity contribution in [2.75, 3.05) is 19.6 Å². The molecule has 0 aromatic heterocycles. The van der Waals surface area contributed by atoms with E-state index in [2.05, 4.69) is 10.6 Å². The van der Waals surface area contributed by atoms with Crippen LogP contribution in [0.4, 0.5) is 4.79 Å². The second kappa shape index (κ2) is 8.49. The molecule has 7 heteroatoms. The van der Waals surface area contributed by atoms with Gasteiger partial charge in [-0.25, -0.2) is 9.59 Å². The summed E-state index contributed by atoms with van der Waals surface area (Å²) in [6, 6.07) is -1.46. The van der Waals surface area contributed by atoms with E-state index in [4.69, 9.17) is 5.11 Å². The number of carboxylic acid groups (broad SMARTS) is 1. The maximum Gasteiger partial charge on any atom is 0.326 e. The summed E-state index contributed by atoms with van der Waals surface area (Å²) in [6.07, 6.45) is 2.98. The maximum atomic E-state index is 11.8. The molecule has 1 aliphatic heterocycles. The summed E-state index contributed by atoms with van der Waals surface area (Å²) in [6.45, 7) is 5.44. The fourth-order valence-corrected chi connectivity index (χ4v) is 2.28. The average Bonchev–Trinajstić information content (AvgIpc) is 2.97. The van der Waals surface area contributed by atoms with Crippen LogP contribution in [0.5, 0.6) is 0 Å². The average molecular weight is 299 g/mol. The first-order valence-corrected chi connectivity index (χ1v) is 7.50. The Bertz CT molecular complexity index is 380. The predicted octanol–water partition coefficient (Wildman–Crippen LogP) is 0.797. The zero-order valence-electron chi connectivity index (χ0n) is 12.7. The van der Waals surface area contributed by atoms with Gasteiger partial charge in [0.15, 0.2) is 0 Å². The van der Waals surface area contributed by atoms with Crippen LogP contribution in [0.25, 0.3) is 0 Å². The van der Waals surface area contributed by atoms with Crippen LogP contribution in [0.3, 0.4) is 0 Å². The molecule has 0 bridgehead atoms. The van der Waals surface area contributed by atoms with Crippen molar-refractivity contribution in [2.24, 2.45) is 5.92 Å². The van der Waals surface area contributed by atoms with E-state index in [0.29, 0.717) is 6.42 Å². The van der Waals surface area contributed by atoms with Crippen molar-refractivity contribution in [3.05, 3.63) is 0 Å². The molecule has 1 fully saturated rings. The van der Waals surface area contributed by atoms with E-state index in [-0.39, 0.29) is 24.8 Å². The van der Waals surface area contributed by atoms with E-state index in [1.54, 1.807) is 11.8 Å². The largest absolute Gasteiger partial charge is 0.480 e. The first kappa shape index (κ1) is 17.3. The molecule has 3 N–H and O–H groups in total. The van der Waals surface area contributed by atoms with Gasteiger partial charge in [-0.15, -0.1) is 0 Å². The number of carbonyl (C=O) groups excluding carboxylic acids is 2. The highest BCUT2D eigenvalue weighted by Gasteiger charge is 2.25. The molecular weight excluding hydrogens is 274 g/mol. The number of carboxylic acids is 1. The van der Waals surface area contributed by atoms with Gasteiger partial charge in [0.05, 0.1) is 0 Å². The summed E-state index contributed by atoms with van der Waals surface area (Å²) in [5.41, 5.74) is 0. The molecule has 0 radical (unpaired) electrons. The number of likely N-dealkylation sites (tertiary alicyclic amines) is 1. The molecule has 0 spiro atoms. The zero-order chi connectivity index (χ0) is 15.8. The van der Waals surface area contributed by atoms with Gasteiger partial charge in [-0.1, -0.05) is 20.3 Å². The molecule has 0 aromatic carbocycles. The van der Waals surface area contributed by atoms with Gasteiger partial charge in [-0.05, 0) is 18.8 Å². The lowest BCUT2D eigenvalue weighted by Gasteiger charge is -2.20. The summed E-state index contributed by atoms with van der Waals surface area (Å²) in [5, 5.41) is 14.1. The smallest absolute Gasteiger partial charge is 0.326 e. The van der Waals surface area contributed by atoms with Gasteiger partial charge in [0.2, 0.25) is 5.91 Å². The van der Waals surface area contributed by atoms with Crippen molar-refractivity contribution in [1.82, 2.24) is 15.5 Å². The van der Waals surface area contributed by atoms with Gasteiger partial charge in [-0.3, -0.25) is 4.79 Å². The van der Waals surface area contributed by atoms with Crippen LogP contribution < -0.4 is 10.6 Å². The molecular formula is C14H25N3O4. The lowest BCUT2D eigenvalue weighted by molar-refractivity contribution is -0.140. The summed E-state index contributed by atoms with van der Waals surface area (Å²) in [4.78, 5) is 36.3. The highest BCUT2D eigenvalue weighted by molar-refractivity contribution is 5.83. The third-order valence-electron chi connectivity index (χ3n) is 3.85. The molecule has 7 nitrogen and oxygen atoms in total. The Morgan fingerprint density at radius 1 is 1.24 bits per heavy atom. The quantitative estimate of drug-likeness (QED) is 0.647. The molecule has 2 atom stereocenters. The minimum atomic E-state index is -1.05. The van der Waals surface area contributed by atoms with Crippen molar-refractivity contribution >= 4 is 17.9 Å². The predicted molar refractivity (Wildman–Crippen MR) is 77.8 cm³/mol. The zero-order valence-corrected chi connectivity index (χ0v) is 12.7. The van der Waals surface area contributed by atoms with E-state index in [0.717, 1.165) is 25.9 Å². The molecule has 1 saturated heterocycles. The minimum absolute atomic E-state index is 0.0320. The van der Waals surface area contributed by atoms with E-state index < -0.39 is 18.0 Å². The second-order valence-electron chi connectivity index (χ2n) is 5.44. The third-order valence-corrected chi connectivity index (χ3v) is 3.85. The lowest BCUT2D eigenvalue weighted by atomic mass is 9.99. The Hall–Kier alpha value is -1.79. The summed E-state index contributed by atoms with van der Waals surface area (Å²) >= 11 is 0. The molecule has 0 aliphatic carbocycles. The van der Waals surface area contributed by atoms with Crippen molar-refractivity contribution < 1.29 is 19.5 Å². The van der Waals surface area contributed by atoms with Gasteiger partial charge >= 0.3 is 12.0 Å². The molecule has 3 amide bonds. The van der Waals surface area contributed by atoms with Crippen LogP contribution in [0.2, 0.25) is 0 Å². The van der Waals surface area contributed by atoms with Crippen LogP contribution in [0, 0.1) is 5.92 Å². The van der Waals surface area contributed by atoms with Crippen LogP contribution in [0.1, 0.15) is 39.5 Å². The van der Waals surface area contributed by atoms with Crippen molar-refractivity contribution in [3.63, 3.8) is 0 Å². The number of aliphatic carboxylic acids is 1. The number of nitrogens with zero attached hydrogens (tertiary/aromatic N) is 1. The van der Waals surface area contributed by atoms with Gasteiger partial charge in [-0.2, -0.15) is 0 Å². The standard InChI is InChI=1S/C14H25N3O4/c1-3-10(2)12(13(19)20)16-14(21)15-7-6-11(18)17-8-4-5-9-17/h10,12H,3-9H2,1-2H3,(H,19,20)(H2,15,16,21). The first-order chi connectivity index (χ1) is 9.95. The van der Waals surface area contributed by atoms with Crippen LogP contribution in [-0.4, -0.2) is 53.6 Å². The third kappa shape index (κ3) is 5.61. The van der Waals surface area contributed by atoms with E-state index in [9.17, 15) is 14.4 Å². The van der Waals surface area contributed by atoms with Gasteiger partial charge in [0.1, 0.15) is 6.04 Å². The van der Waals surface area contributed by atoms with Crippen LogP contribution in [0.15, 0.2) is 0 Å². The SMILES string of the molecule is CCC(C)C(NC(=O)NCCC(=O)N1CCCC1)C(=O)O. The number of amides is 3. The number of nitrogens with one attached hydrogen (secondary N) is 2. The highest BCUT2D eigenvalue weighted by Crippen LogP contribution is 2.09. The molecule has 2 unspecified atom stereocenters. The monoisotopic (exact) mass is 299 g/mol. The van der Waals surface area contributed by atoms with Gasteiger partial charge in [0.25, 0.3) is 0 Å². The summed E-state index contributed by atoms with van der Waals surface area (Å²) < 4.78 is 0. The minimum Gasteiger partial charge on any atom is -0.480 e. The van der Waals surface area contributed by atoms with Crippen molar-refractivity contribution in [2.45, 2.75) is 45.6 Å². The normalized spacial score (nSPS) is 17.1. The molecule has 120 valence electrons. The molecule has 0 aromatic rings. The molecule has 1 aliphatic rings. The van der Waals surface area contributed by atoms with Crippen LogP contribution in [-0.2, 0) is 9.59 Å². The van der Waals surface area contributed by atoms with E-state index >= 15 is 0 Å². The van der Waals surface area contributed by atoms with Crippen molar-refractivity contribution in [3.8, 4) is 0 Å². The number of rotatable bonds is 7. The topological polar surface area (TPSA) is 98.7 Å². The Morgan fingerprint density at radius 3 is 2.38 bits per heavy atom. The second-order valence-corrected chi connectivity index (χ2v) is 5.44. The van der Waals surface area contributed by atoms with E-state index in [1.165, 1.54) is 0 Å². The fraction of sp³-hybridized carbons (Fsp3) is 0.786. The fourth-order valence-electron chi connectivity index (χ4n) is 2.28. The highest BCUT2D eigenvalue weighted by atomic mass is 16.4. The number of carbonyl (C=O) groups is 3. The Morgan fingerprint density at radius 2 is 1.86 bits per heavy atom. The number of urea groups is 1. The summed E-state index contributed by atoms with van der Waals surface area (Å²) in [5.74, 6) is -1.17. The first-order valence-electron chi connectivity index (χ1n) is 7.50. The molecule has 1 heterocycles. The Labute approximate surface area is 125 Å². The number of hydrogen-bond acceptors (Lipinski definition) is 3. The Balaban J connectivity index is 2.29.